The summed E-state index contributed by atoms with van der Waals surface area (Å²) in [5.74, 6) is 3.12. The summed E-state index contributed by atoms with van der Waals surface area (Å²) in [4.78, 5) is 15.2. The largest absolute Gasteiger partial charge is 0.378 e. The zero-order valence-electron chi connectivity index (χ0n) is 11.8. The molecule has 1 saturated heterocycles. The predicted octanol–water partition coefficient (Wildman–Crippen LogP) is 2.45. The van der Waals surface area contributed by atoms with Gasteiger partial charge in [-0.3, -0.25) is 4.79 Å². The van der Waals surface area contributed by atoms with E-state index in [4.69, 9.17) is 4.74 Å². The minimum absolute atomic E-state index is 0.0240. The second-order valence-corrected chi connectivity index (χ2v) is 7.44. The molecule has 4 aliphatic carbocycles. The molecule has 1 heterocycles. The van der Waals surface area contributed by atoms with Crippen LogP contribution in [-0.2, 0) is 9.53 Å². The fraction of sp³-hybridized carbons (Fsp3) is 0.938. The van der Waals surface area contributed by atoms with Gasteiger partial charge in [0.15, 0.2) is 0 Å². The molecule has 0 N–H and O–H groups in total. The molecule has 0 spiro atoms. The van der Waals surface area contributed by atoms with Gasteiger partial charge in [0.1, 0.15) is 0 Å². The predicted molar refractivity (Wildman–Crippen MR) is 72.6 cm³/mol. The van der Waals surface area contributed by atoms with Crippen molar-refractivity contribution in [2.45, 2.75) is 44.9 Å². The van der Waals surface area contributed by atoms with E-state index in [9.17, 15) is 4.79 Å². The number of hydrogen-bond donors (Lipinski definition) is 0. The third-order valence-electron chi connectivity index (χ3n) is 6.14. The van der Waals surface area contributed by atoms with Crippen molar-refractivity contribution < 1.29 is 9.53 Å². The zero-order chi connectivity index (χ0) is 12.9. The fourth-order valence-corrected chi connectivity index (χ4v) is 5.53. The van der Waals surface area contributed by atoms with Crippen LogP contribution in [0.4, 0.5) is 0 Å². The molecule has 5 fully saturated rings. The first-order valence-corrected chi connectivity index (χ1v) is 8.12. The Morgan fingerprint density at radius 2 is 1.63 bits per heavy atom. The average Bonchev–Trinajstić information content (AvgIpc) is 2.64. The maximum Gasteiger partial charge on any atom is 0.228 e. The molecule has 0 aromatic heterocycles. The van der Waals surface area contributed by atoms with E-state index in [0.717, 1.165) is 44.1 Å². The minimum Gasteiger partial charge on any atom is -0.378 e. The van der Waals surface area contributed by atoms with Gasteiger partial charge in [-0.1, -0.05) is 0 Å². The maximum absolute atomic E-state index is 13.1. The van der Waals surface area contributed by atoms with Gasteiger partial charge in [0.25, 0.3) is 0 Å². The number of amides is 1. The van der Waals surface area contributed by atoms with Crippen molar-refractivity contribution in [1.29, 1.82) is 0 Å². The molecule has 5 rings (SSSR count). The average molecular weight is 263 g/mol. The quantitative estimate of drug-likeness (QED) is 0.727. The van der Waals surface area contributed by atoms with Crippen LogP contribution in [-0.4, -0.2) is 37.1 Å². The summed E-state index contributed by atoms with van der Waals surface area (Å²) in [7, 11) is 0. The molecule has 3 heteroatoms. The first-order valence-electron chi connectivity index (χ1n) is 8.12. The number of carbonyl (C=O) groups excluding carboxylic acids is 1. The number of nitrogens with zero attached hydrogens (tertiary/aromatic N) is 1. The van der Waals surface area contributed by atoms with Crippen LogP contribution in [0.1, 0.15) is 44.9 Å². The topological polar surface area (TPSA) is 29.5 Å². The van der Waals surface area contributed by atoms with Crippen LogP contribution in [0.25, 0.3) is 0 Å². The molecular weight excluding hydrogens is 238 g/mol. The van der Waals surface area contributed by atoms with Gasteiger partial charge in [-0.15, -0.1) is 0 Å². The van der Waals surface area contributed by atoms with Crippen molar-refractivity contribution in [2.75, 3.05) is 26.3 Å². The van der Waals surface area contributed by atoms with Gasteiger partial charge in [0.2, 0.25) is 5.91 Å². The monoisotopic (exact) mass is 263 g/mol. The number of fused-ring (bicyclic) bond motifs is 1. The highest BCUT2D eigenvalue weighted by molar-refractivity contribution is 5.83. The lowest BCUT2D eigenvalue weighted by molar-refractivity contribution is -0.151. The van der Waals surface area contributed by atoms with Crippen molar-refractivity contribution in [3.8, 4) is 0 Å². The molecule has 0 unspecified atom stereocenters. The number of hydrogen-bond acceptors (Lipinski definition) is 2. The SMILES string of the molecule is O=C(N1CCOCC1)C12CCC3C[C@@H](C[C@H](C3)C1)C2. The van der Waals surface area contributed by atoms with Gasteiger partial charge in [-0.2, -0.15) is 0 Å². The third kappa shape index (κ3) is 2.01. The highest BCUT2D eigenvalue weighted by Crippen LogP contribution is 2.57. The van der Waals surface area contributed by atoms with E-state index >= 15 is 0 Å². The lowest BCUT2D eigenvalue weighted by Gasteiger charge is -2.46. The Labute approximate surface area is 115 Å². The van der Waals surface area contributed by atoms with E-state index in [1.54, 1.807) is 0 Å². The summed E-state index contributed by atoms with van der Waals surface area (Å²) in [6.07, 6.45) is 9.09. The molecule has 4 bridgehead atoms. The second kappa shape index (κ2) is 4.47. The normalized spacial score (nSPS) is 45.3. The van der Waals surface area contributed by atoms with Crippen molar-refractivity contribution in [1.82, 2.24) is 4.90 Å². The second-order valence-electron chi connectivity index (χ2n) is 7.44. The summed E-state index contributed by atoms with van der Waals surface area (Å²) >= 11 is 0. The Kier molecular flexibility index (Phi) is 2.87. The molecule has 1 amide bonds. The van der Waals surface area contributed by atoms with Crippen LogP contribution in [0.3, 0.4) is 0 Å². The molecule has 19 heavy (non-hydrogen) atoms. The zero-order valence-corrected chi connectivity index (χ0v) is 11.8. The molecule has 0 aromatic carbocycles. The van der Waals surface area contributed by atoms with E-state index in [0.29, 0.717) is 5.91 Å². The summed E-state index contributed by atoms with van der Waals surface area (Å²) in [5.41, 5.74) is 0.0240. The van der Waals surface area contributed by atoms with Gasteiger partial charge < -0.3 is 9.64 Å². The maximum atomic E-state index is 13.1. The van der Waals surface area contributed by atoms with E-state index in [-0.39, 0.29) is 5.41 Å². The molecule has 5 aliphatic rings. The first kappa shape index (κ1) is 12.2. The van der Waals surface area contributed by atoms with Crippen LogP contribution in [0.5, 0.6) is 0 Å². The van der Waals surface area contributed by atoms with E-state index < -0.39 is 0 Å². The lowest BCUT2D eigenvalue weighted by Crippen LogP contribution is -2.51. The van der Waals surface area contributed by atoms with Crippen LogP contribution in [0.15, 0.2) is 0 Å². The summed E-state index contributed by atoms with van der Waals surface area (Å²) in [6, 6.07) is 0. The number of carbonyl (C=O) groups is 1. The van der Waals surface area contributed by atoms with Crippen molar-refractivity contribution in [2.24, 2.45) is 23.2 Å². The molecule has 4 saturated carbocycles. The van der Waals surface area contributed by atoms with E-state index in [2.05, 4.69) is 4.90 Å². The standard InChI is InChI=1S/C16H25NO2/c18-15(17-3-5-19-6-4-17)16-2-1-12-7-13(10-16)9-14(8-12)11-16/h12-14H,1-11H2/t12?,13-,14-,16?/m0/s1. The Morgan fingerprint density at radius 1 is 1.00 bits per heavy atom. The Hall–Kier alpha value is -0.570. The molecule has 3 nitrogen and oxygen atoms in total. The lowest BCUT2D eigenvalue weighted by atomic mass is 9.61. The van der Waals surface area contributed by atoms with Gasteiger partial charge in [-0.05, 0) is 62.7 Å². The van der Waals surface area contributed by atoms with Crippen molar-refractivity contribution in [3.05, 3.63) is 0 Å². The molecule has 0 radical (unpaired) electrons. The van der Waals surface area contributed by atoms with Gasteiger partial charge in [-0.25, -0.2) is 0 Å². The van der Waals surface area contributed by atoms with E-state index in [1.807, 2.05) is 0 Å². The van der Waals surface area contributed by atoms with Gasteiger partial charge in [0.05, 0.1) is 13.2 Å². The van der Waals surface area contributed by atoms with Crippen LogP contribution in [0.2, 0.25) is 0 Å². The number of rotatable bonds is 1. The Bertz CT molecular complexity index is 361. The third-order valence-corrected chi connectivity index (χ3v) is 6.14. The highest BCUT2D eigenvalue weighted by Gasteiger charge is 2.52. The minimum atomic E-state index is 0.0240. The molecule has 106 valence electrons. The Morgan fingerprint density at radius 3 is 2.32 bits per heavy atom. The number of ether oxygens (including phenoxy) is 1. The van der Waals surface area contributed by atoms with Gasteiger partial charge >= 0.3 is 0 Å². The van der Waals surface area contributed by atoms with E-state index in [1.165, 1.54) is 44.9 Å². The first-order chi connectivity index (χ1) is 9.25. The van der Waals surface area contributed by atoms with Crippen molar-refractivity contribution in [3.63, 3.8) is 0 Å². The summed E-state index contributed by atoms with van der Waals surface area (Å²) < 4.78 is 5.40. The van der Waals surface area contributed by atoms with Crippen LogP contribution < -0.4 is 0 Å². The Balaban J connectivity index is 1.59. The molecule has 0 aromatic rings. The smallest absolute Gasteiger partial charge is 0.228 e. The van der Waals surface area contributed by atoms with Crippen LogP contribution in [0, 0.1) is 23.2 Å². The highest BCUT2D eigenvalue weighted by atomic mass is 16.5. The van der Waals surface area contributed by atoms with Gasteiger partial charge in [0, 0.05) is 18.5 Å². The summed E-state index contributed by atoms with van der Waals surface area (Å²) in [5, 5.41) is 0. The molecular formula is C16H25NO2. The number of morpholine rings is 1. The molecule has 1 aliphatic heterocycles. The molecule has 2 atom stereocenters. The van der Waals surface area contributed by atoms with Crippen molar-refractivity contribution >= 4 is 5.91 Å². The fourth-order valence-electron chi connectivity index (χ4n) is 5.53. The van der Waals surface area contributed by atoms with Crippen LogP contribution >= 0.6 is 0 Å². The summed E-state index contributed by atoms with van der Waals surface area (Å²) in [6.45, 7) is 3.10.